The van der Waals surface area contributed by atoms with Gasteiger partial charge in [-0.25, -0.2) is 8.42 Å². The van der Waals surface area contributed by atoms with Crippen molar-refractivity contribution >= 4 is 27.3 Å². The summed E-state index contributed by atoms with van der Waals surface area (Å²) in [5.41, 5.74) is 4.43. The van der Waals surface area contributed by atoms with Crippen molar-refractivity contribution in [1.82, 2.24) is 0 Å². The number of carbonyl (C=O) groups excluding carboxylic acids is 1. The van der Waals surface area contributed by atoms with E-state index in [0.717, 1.165) is 16.7 Å². The number of sulfonamides is 1. The fraction of sp³-hybridized carbons (Fsp3) is 0.136. The summed E-state index contributed by atoms with van der Waals surface area (Å²) in [6.45, 7) is 5.71. The van der Waals surface area contributed by atoms with Gasteiger partial charge in [0.1, 0.15) is 0 Å². The first-order valence-electron chi connectivity index (χ1n) is 8.83. The monoisotopic (exact) mass is 394 g/mol. The molecule has 0 aliphatic carbocycles. The standard InChI is InChI=1S/C22H22N2O3S/c1-15-13-16(2)21(17(3)14-15)24-28(26,27)20-11-9-18(10-12-20)22(25)23-19-7-5-4-6-8-19/h4-14,24H,1-3H3,(H,23,25). The molecule has 2 N–H and O–H groups in total. The number of benzene rings is 3. The minimum Gasteiger partial charge on any atom is -0.322 e. The van der Waals surface area contributed by atoms with E-state index in [-0.39, 0.29) is 10.8 Å². The lowest BCUT2D eigenvalue weighted by Crippen LogP contribution is -2.16. The second kappa shape index (κ2) is 7.86. The van der Waals surface area contributed by atoms with E-state index in [1.165, 1.54) is 24.3 Å². The van der Waals surface area contributed by atoms with Gasteiger partial charge in [0.05, 0.1) is 10.6 Å². The van der Waals surface area contributed by atoms with Crippen LogP contribution >= 0.6 is 0 Å². The molecule has 0 spiro atoms. The second-order valence-electron chi connectivity index (χ2n) is 6.72. The van der Waals surface area contributed by atoms with Gasteiger partial charge in [-0.1, -0.05) is 35.9 Å². The van der Waals surface area contributed by atoms with Crippen molar-refractivity contribution in [1.29, 1.82) is 0 Å². The second-order valence-corrected chi connectivity index (χ2v) is 8.41. The normalized spacial score (nSPS) is 11.1. The zero-order valence-electron chi connectivity index (χ0n) is 16.0. The SMILES string of the molecule is Cc1cc(C)c(NS(=O)(=O)c2ccc(C(=O)Nc3ccccc3)cc2)c(C)c1. The smallest absolute Gasteiger partial charge is 0.261 e. The molecule has 5 nitrogen and oxygen atoms in total. The minimum absolute atomic E-state index is 0.100. The summed E-state index contributed by atoms with van der Waals surface area (Å²) >= 11 is 0. The fourth-order valence-corrected chi connectivity index (χ4v) is 4.25. The number of nitrogens with one attached hydrogen (secondary N) is 2. The van der Waals surface area contributed by atoms with E-state index in [1.807, 2.05) is 51.1 Å². The molecule has 144 valence electrons. The highest BCUT2D eigenvalue weighted by atomic mass is 32.2. The average Bonchev–Trinajstić information content (AvgIpc) is 2.65. The molecule has 0 radical (unpaired) electrons. The van der Waals surface area contributed by atoms with Crippen LogP contribution in [0.1, 0.15) is 27.0 Å². The number of rotatable bonds is 5. The van der Waals surface area contributed by atoms with Crippen molar-refractivity contribution in [3.8, 4) is 0 Å². The van der Waals surface area contributed by atoms with Crippen LogP contribution in [0.3, 0.4) is 0 Å². The Hall–Kier alpha value is -3.12. The third kappa shape index (κ3) is 4.40. The Balaban J connectivity index is 1.79. The Morgan fingerprint density at radius 3 is 1.96 bits per heavy atom. The van der Waals surface area contributed by atoms with Crippen LogP contribution in [0.4, 0.5) is 11.4 Å². The van der Waals surface area contributed by atoms with Crippen LogP contribution in [0.25, 0.3) is 0 Å². The van der Waals surface area contributed by atoms with Crippen LogP contribution < -0.4 is 10.0 Å². The summed E-state index contributed by atoms with van der Waals surface area (Å²) in [5, 5.41) is 2.77. The van der Waals surface area contributed by atoms with Gasteiger partial charge in [0.25, 0.3) is 15.9 Å². The quantitative estimate of drug-likeness (QED) is 0.661. The number of amides is 1. The number of anilines is 2. The highest BCUT2D eigenvalue weighted by Crippen LogP contribution is 2.25. The van der Waals surface area contributed by atoms with Crippen molar-refractivity contribution in [2.45, 2.75) is 25.7 Å². The lowest BCUT2D eigenvalue weighted by Gasteiger charge is -2.14. The number of hydrogen-bond donors (Lipinski definition) is 2. The van der Waals surface area contributed by atoms with Crippen LogP contribution in [0.5, 0.6) is 0 Å². The molecule has 0 aliphatic heterocycles. The maximum absolute atomic E-state index is 12.8. The van der Waals surface area contributed by atoms with Crippen molar-refractivity contribution < 1.29 is 13.2 Å². The molecule has 0 saturated heterocycles. The fourth-order valence-electron chi connectivity index (χ4n) is 3.04. The highest BCUT2D eigenvalue weighted by molar-refractivity contribution is 7.92. The molecule has 0 fully saturated rings. The van der Waals surface area contributed by atoms with E-state index in [2.05, 4.69) is 10.0 Å². The molecule has 6 heteroatoms. The molecule has 0 atom stereocenters. The number of carbonyl (C=O) groups is 1. The van der Waals surface area contributed by atoms with Gasteiger partial charge in [-0.2, -0.15) is 0 Å². The Bertz CT molecular complexity index is 1080. The molecule has 3 rings (SSSR count). The van der Waals surface area contributed by atoms with Crippen LogP contribution in [-0.4, -0.2) is 14.3 Å². The summed E-state index contributed by atoms with van der Waals surface area (Å²) in [6.07, 6.45) is 0. The molecule has 0 unspecified atom stereocenters. The molecule has 1 amide bonds. The van der Waals surface area contributed by atoms with Crippen molar-refractivity contribution in [3.05, 3.63) is 89.0 Å². The summed E-state index contributed by atoms with van der Waals surface area (Å²) in [7, 11) is -3.75. The highest BCUT2D eigenvalue weighted by Gasteiger charge is 2.17. The Labute approximate surface area is 165 Å². The number of aryl methyl sites for hydroxylation is 3. The Morgan fingerprint density at radius 1 is 0.821 bits per heavy atom. The topological polar surface area (TPSA) is 75.3 Å². The molecule has 28 heavy (non-hydrogen) atoms. The molecule has 0 heterocycles. The third-order valence-electron chi connectivity index (χ3n) is 4.37. The average molecular weight is 394 g/mol. The van der Waals surface area contributed by atoms with Crippen molar-refractivity contribution in [2.24, 2.45) is 0 Å². The van der Waals surface area contributed by atoms with Crippen LogP contribution in [0.2, 0.25) is 0 Å². The van der Waals surface area contributed by atoms with E-state index < -0.39 is 10.0 Å². The van der Waals surface area contributed by atoms with Gasteiger partial charge >= 0.3 is 0 Å². The zero-order valence-corrected chi connectivity index (χ0v) is 16.8. The summed E-state index contributed by atoms with van der Waals surface area (Å²) in [5.74, 6) is -0.298. The van der Waals surface area contributed by atoms with Gasteiger partial charge in [-0.05, 0) is 68.3 Å². The molecular formula is C22H22N2O3S. The minimum atomic E-state index is -3.75. The van der Waals surface area contributed by atoms with Crippen molar-refractivity contribution in [3.63, 3.8) is 0 Å². The van der Waals surface area contributed by atoms with Crippen LogP contribution in [0, 0.1) is 20.8 Å². The summed E-state index contributed by atoms with van der Waals surface area (Å²) in [4.78, 5) is 12.4. The molecular weight excluding hydrogens is 372 g/mol. The Kier molecular flexibility index (Phi) is 5.51. The van der Waals surface area contributed by atoms with Gasteiger partial charge < -0.3 is 5.32 Å². The molecule has 3 aromatic rings. The van der Waals surface area contributed by atoms with E-state index >= 15 is 0 Å². The van der Waals surface area contributed by atoms with Gasteiger partial charge in [0.15, 0.2) is 0 Å². The Morgan fingerprint density at radius 2 is 1.39 bits per heavy atom. The summed E-state index contributed by atoms with van der Waals surface area (Å²) in [6, 6.07) is 18.8. The maximum Gasteiger partial charge on any atom is 0.261 e. The molecule has 0 aromatic heterocycles. The predicted molar refractivity (Wildman–Crippen MR) is 112 cm³/mol. The number of hydrogen-bond acceptors (Lipinski definition) is 3. The van der Waals surface area contributed by atoms with Crippen LogP contribution in [-0.2, 0) is 10.0 Å². The molecule has 0 aliphatic rings. The van der Waals surface area contributed by atoms with Gasteiger partial charge in [-0.15, -0.1) is 0 Å². The predicted octanol–water partition coefficient (Wildman–Crippen LogP) is 4.66. The van der Waals surface area contributed by atoms with Crippen LogP contribution in [0.15, 0.2) is 71.6 Å². The first-order valence-corrected chi connectivity index (χ1v) is 10.3. The van der Waals surface area contributed by atoms with Gasteiger partial charge in [0, 0.05) is 11.3 Å². The van der Waals surface area contributed by atoms with E-state index in [9.17, 15) is 13.2 Å². The van der Waals surface area contributed by atoms with E-state index in [4.69, 9.17) is 0 Å². The maximum atomic E-state index is 12.8. The lowest BCUT2D eigenvalue weighted by atomic mass is 10.1. The van der Waals surface area contributed by atoms with E-state index in [1.54, 1.807) is 12.1 Å². The van der Waals surface area contributed by atoms with Crippen molar-refractivity contribution in [2.75, 3.05) is 10.0 Å². The third-order valence-corrected chi connectivity index (χ3v) is 5.74. The molecule has 0 bridgehead atoms. The van der Waals surface area contributed by atoms with Gasteiger partial charge in [-0.3, -0.25) is 9.52 Å². The summed E-state index contributed by atoms with van der Waals surface area (Å²) < 4.78 is 28.2. The van der Waals surface area contributed by atoms with E-state index in [0.29, 0.717) is 16.9 Å². The molecule has 3 aromatic carbocycles. The largest absolute Gasteiger partial charge is 0.322 e. The lowest BCUT2D eigenvalue weighted by molar-refractivity contribution is 0.102. The zero-order chi connectivity index (χ0) is 20.3. The first kappa shape index (κ1) is 19.6. The van der Waals surface area contributed by atoms with Gasteiger partial charge in [0.2, 0.25) is 0 Å². The first-order chi connectivity index (χ1) is 13.3. The number of para-hydroxylation sites is 1. The molecule has 0 saturated carbocycles.